The zero-order valence-corrected chi connectivity index (χ0v) is 26.2. The first-order valence-electron chi connectivity index (χ1n) is 14.0. The third-order valence-corrected chi connectivity index (χ3v) is 8.33. The second-order valence-electron chi connectivity index (χ2n) is 10.5. The summed E-state index contributed by atoms with van der Waals surface area (Å²) in [5.41, 5.74) is 7.00. The summed E-state index contributed by atoms with van der Waals surface area (Å²) >= 11 is 1.55. The van der Waals surface area contributed by atoms with Gasteiger partial charge in [0.15, 0.2) is 0 Å². The van der Waals surface area contributed by atoms with Crippen LogP contribution in [0.2, 0.25) is 0 Å². The normalized spacial score (nSPS) is 13.6. The van der Waals surface area contributed by atoms with E-state index < -0.39 is 5.97 Å². The molecule has 0 unspecified atom stereocenters. The minimum Gasteiger partial charge on any atom is -0.549 e. The second-order valence-corrected chi connectivity index (χ2v) is 11.4. The van der Waals surface area contributed by atoms with Crippen molar-refractivity contribution in [2.75, 3.05) is 18.4 Å². The Hall–Kier alpha value is -2.48. The molecule has 1 fully saturated rings. The van der Waals surface area contributed by atoms with Gasteiger partial charge in [0.25, 0.3) is 0 Å². The maximum absolute atomic E-state index is 11.3. The minimum atomic E-state index is -1.08. The van der Waals surface area contributed by atoms with E-state index in [-0.39, 0.29) is 36.1 Å². The monoisotopic (exact) mass is 561 g/mol. The van der Waals surface area contributed by atoms with Gasteiger partial charge in [-0.15, -0.1) is 11.3 Å². The van der Waals surface area contributed by atoms with Gasteiger partial charge in [0.05, 0.1) is 18.2 Å². The number of thiazole rings is 1. The van der Waals surface area contributed by atoms with Crippen LogP contribution in [0.25, 0.3) is 11.3 Å². The zero-order valence-electron chi connectivity index (χ0n) is 23.4. The van der Waals surface area contributed by atoms with E-state index in [0.29, 0.717) is 13.1 Å². The van der Waals surface area contributed by atoms with Crippen molar-refractivity contribution in [3.05, 3.63) is 106 Å². The number of carboxylic acids is 1. The fourth-order valence-corrected chi connectivity index (χ4v) is 6.25. The molecule has 1 N–H and O–H groups in total. The molecule has 0 bridgehead atoms. The van der Waals surface area contributed by atoms with E-state index in [1.54, 1.807) is 11.3 Å². The maximum Gasteiger partial charge on any atom is 1.00 e. The molecule has 5 nitrogen and oxygen atoms in total. The first-order chi connectivity index (χ1) is 19.1. The largest absolute Gasteiger partial charge is 1.00 e. The van der Waals surface area contributed by atoms with Crippen LogP contribution >= 0.6 is 11.3 Å². The summed E-state index contributed by atoms with van der Waals surface area (Å²) in [5, 5.41) is 17.8. The van der Waals surface area contributed by atoms with E-state index in [0.717, 1.165) is 46.4 Å². The number of carbonyl (C=O) groups excluding carboxylic acids is 1. The fraction of sp³-hybridized carbons (Fsp3) is 0.333. The molecule has 0 aliphatic heterocycles. The minimum absolute atomic E-state index is 0. The van der Waals surface area contributed by atoms with E-state index in [1.165, 1.54) is 43.2 Å². The van der Waals surface area contributed by atoms with Gasteiger partial charge in [-0.1, -0.05) is 86.0 Å². The molecule has 0 amide bonds. The van der Waals surface area contributed by atoms with E-state index in [9.17, 15) is 9.90 Å². The average molecular weight is 562 g/mol. The maximum atomic E-state index is 11.3. The number of aromatic nitrogens is 1. The van der Waals surface area contributed by atoms with Crippen molar-refractivity contribution in [2.45, 2.75) is 57.5 Å². The van der Waals surface area contributed by atoms with Crippen LogP contribution in [0.15, 0.2) is 84.2 Å². The molecule has 7 heteroatoms. The summed E-state index contributed by atoms with van der Waals surface area (Å²) < 4.78 is 0. The molecule has 40 heavy (non-hydrogen) atoms. The number of carboxylic acid groups (broad SMARTS) is 1. The second kappa shape index (κ2) is 15.5. The molecule has 0 atom stereocenters. The van der Waals surface area contributed by atoms with Crippen LogP contribution in [-0.2, 0) is 24.3 Å². The first-order valence-corrected chi connectivity index (χ1v) is 14.8. The molecular weight excluding hydrogens is 525 g/mol. The predicted octanol–water partition coefficient (Wildman–Crippen LogP) is 3.27. The van der Waals surface area contributed by atoms with Crippen LogP contribution in [0.4, 0.5) is 5.69 Å². The van der Waals surface area contributed by atoms with Gasteiger partial charge in [-0.3, -0.25) is 4.90 Å². The SMILES string of the molecule is O=C([O-])CN(Cc1ccccc1)Cc1nc(-c2ccc(NCCc3ccc(C4CCCCC4)cc3)cc2)cs1.[Na+]. The van der Waals surface area contributed by atoms with Crippen LogP contribution in [0, 0.1) is 0 Å². The van der Waals surface area contributed by atoms with Gasteiger partial charge < -0.3 is 15.2 Å². The average Bonchev–Trinajstić information content (AvgIpc) is 3.43. The first kappa shape index (κ1) is 30.5. The molecule has 0 saturated heterocycles. The third-order valence-electron chi connectivity index (χ3n) is 7.49. The van der Waals surface area contributed by atoms with E-state index in [1.807, 2.05) is 40.6 Å². The van der Waals surface area contributed by atoms with Gasteiger partial charge >= 0.3 is 29.6 Å². The molecule has 1 aliphatic rings. The summed E-state index contributed by atoms with van der Waals surface area (Å²) in [6, 6.07) is 27.5. The third kappa shape index (κ3) is 9.02. The molecule has 3 aromatic carbocycles. The van der Waals surface area contributed by atoms with Crippen LogP contribution in [-0.4, -0.2) is 28.9 Å². The van der Waals surface area contributed by atoms with Gasteiger partial charge in [0.2, 0.25) is 0 Å². The molecule has 202 valence electrons. The van der Waals surface area contributed by atoms with Gasteiger partial charge in [-0.05, 0) is 54.0 Å². The molecular formula is C33H36N3NaO2S. The Morgan fingerprint density at radius 1 is 0.900 bits per heavy atom. The molecule has 0 spiro atoms. The molecule has 1 aromatic heterocycles. The summed E-state index contributed by atoms with van der Waals surface area (Å²) in [6.45, 7) is 1.76. The Bertz CT molecular complexity index is 1320. The number of hydrogen-bond donors (Lipinski definition) is 1. The van der Waals surface area contributed by atoms with Crippen LogP contribution in [0.5, 0.6) is 0 Å². The summed E-state index contributed by atoms with van der Waals surface area (Å²) in [5.74, 6) is -0.323. The van der Waals surface area contributed by atoms with Gasteiger partial charge in [-0.25, -0.2) is 4.98 Å². The molecule has 4 aromatic rings. The quantitative estimate of drug-likeness (QED) is 0.269. The van der Waals surface area contributed by atoms with Crippen LogP contribution < -0.4 is 40.0 Å². The summed E-state index contributed by atoms with van der Waals surface area (Å²) in [7, 11) is 0. The number of nitrogens with one attached hydrogen (secondary N) is 1. The fourth-order valence-electron chi connectivity index (χ4n) is 5.40. The number of carbonyl (C=O) groups is 1. The summed E-state index contributed by atoms with van der Waals surface area (Å²) in [4.78, 5) is 17.9. The molecule has 5 rings (SSSR count). The number of aliphatic carboxylic acids is 1. The van der Waals surface area contributed by atoms with Crippen LogP contribution in [0.3, 0.4) is 0 Å². The Morgan fingerprint density at radius 3 is 2.33 bits per heavy atom. The van der Waals surface area contributed by atoms with E-state index >= 15 is 0 Å². The number of anilines is 1. The van der Waals surface area contributed by atoms with Crippen molar-refractivity contribution >= 4 is 23.0 Å². The Balaban J connectivity index is 0.00000370. The number of nitrogens with zero attached hydrogens (tertiary/aromatic N) is 2. The molecule has 1 heterocycles. The number of hydrogen-bond acceptors (Lipinski definition) is 6. The van der Waals surface area contributed by atoms with E-state index in [4.69, 9.17) is 4.98 Å². The number of benzene rings is 3. The van der Waals surface area contributed by atoms with Gasteiger partial charge in [0.1, 0.15) is 5.01 Å². The van der Waals surface area contributed by atoms with Crippen LogP contribution in [0.1, 0.15) is 59.7 Å². The van der Waals surface area contributed by atoms with Crippen molar-refractivity contribution in [1.29, 1.82) is 0 Å². The number of rotatable bonds is 12. The molecule has 1 saturated carbocycles. The summed E-state index contributed by atoms with van der Waals surface area (Å²) in [6.07, 6.45) is 7.82. The van der Waals surface area contributed by atoms with Crippen molar-refractivity contribution < 1.29 is 39.5 Å². The smallest absolute Gasteiger partial charge is 0.549 e. The van der Waals surface area contributed by atoms with Crippen molar-refractivity contribution in [2.24, 2.45) is 0 Å². The van der Waals surface area contributed by atoms with E-state index in [2.05, 4.69) is 53.8 Å². The van der Waals surface area contributed by atoms with Crippen molar-refractivity contribution in [3.8, 4) is 11.3 Å². The zero-order chi connectivity index (χ0) is 26.9. The van der Waals surface area contributed by atoms with Gasteiger partial charge in [0, 0.05) is 36.3 Å². The topological polar surface area (TPSA) is 68.3 Å². The van der Waals surface area contributed by atoms with Crippen molar-refractivity contribution in [3.63, 3.8) is 0 Å². The molecule has 0 radical (unpaired) electrons. The van der Waals surface area contributed by atoms with Gasteiger partial charge in [-0.2, -0.15) is 0 Å². The van der Waals surface area contributed by atoms with Crippen molar-refractivity contribution in [1.82, 2.24) is 9.88 Å². The standard InChI is InChI=1S/C33H37N3O2S.Na/c37-33(38)23-36(21-26-7-3-1-4-8-26)22-32-35-31(24-39-32)29-15-17-30(18-16-29)34-20-19-25-11-13-28(14-12-25)27-9-5-2-6-10-27;/h1,3-4,7-8,11-18,24,27,34H,2,5-6,9-10,19-23H2,(H,37,38);/q;+1/p-1. The Morgan fingerprint density at radius 2 is 1.62 bits per heavy atom. The predicted molar refractivity (Wildman–Crippen MR) is 158 cm³/mol. The Labute approximate surface area is 264 Å². The molecule has 1 aliphatic carbocycles. The Kier molecular flexibility index (Phi) is 11.8.